The van der Waals surface area contributed by atoms with Gasteiger partial charge in [0, 0.05) is 22.5 Å². The normalized spacial score (nSPS) is 15.4. The van der Waals surface area contributed by atoms with Gasteiger partial charge in [0.15, 0.2) is 9.84 Å². The molecule has 1 aliphatic rings. The van der Waals surface area contributed by atoms with Gasteiger partial charge in [0.05, 0.1) is 4.90 Å². The number of benzene rings is 3. The molecule has 1 unspecified atom stereocenters. The number of anilines is 2. The van der Waals surface area contributed by atoms with Gasteiger partial charge in [-0.05, 0) is 66.9 Å². The maximum absolute atomic E-state index is 13.1. The lowest BCUT2D eigenvalue weighted by atomic mass is 10.0. The molecule has 0 bridgehead atoms. The zero-order valence-electron chi connectivity index (χ0n) is 16.5. The van der Waals surface area contributed by atoms with Crippen LogP contribution in [0.5, 0.6) is 0 Å². The van der Waals surface area contributed by atoms with Gasteiger partial charge >= 0.3 is 0 Å². The third-order valence-electron chi connectivity index (χ3n) is 5.23. The van der Waals surface area contributed by atoms with Crippen molar-refractivity contribution in [2.24, 2.45) is 5.73 Å². The molecule has 1 heterocycles. The lowest BCUT2D eigenvalue weighted by Gasteiger charge is -2.26. The molecule has 4 N–H and O–H groups in total. The van der Waals surface area contributed by atoms with Gasteiger partial charge in [-0.15, -0.1) is 0 Å². The number of hydrogen-bond acceptors (Lipinski definition) is 5. The summed E-state index contributed by atoms with van der Waals surface area (Å²) < 4.78 is 26.1. The van der Waals surface area contributed by atoms with Crippen LogP contribution in [0.1, 0.15) is 32.7 Å². The number of fused-ring (bicyclic) bond motifs is 1. The summed E-state index contributed by atoms with van der Waals surface area (Å²) in [6.07, 6.45) is 1.15. The summed E-state index contributed by atoms with van der Waals surface area (Å²) in [5.41, 5.74) is 8.18. The van der Waals surface area contributed by atoms with Crippen molar-refractivity contribution in [2.75, 3.05) is 10.6 Å². The second-order valence-corrected chi connectivity index (χ2v) is 9.43. The number of rotatable bonds is 5. The Bertz CT molecular complexity index is 1250. The molecule has 0 aromatic heterocycles. The van der Waals surface area contributed by atoms with Crippen LogP contribution >= 0.6 is 0 Å². The lowest BCUT2D eigenvalue weighted by Crippen LogP contribution is -2.33. The highest BCUT2D eigenvalue weighted by molar-refractivity contribution is 7.92. The van der Waals surface area contributed by atoms with Gasteiger partial charge in [-0.25, -0.2) is 8.42 Å². The van der Waals surface area contributed by atoms with E-state index < -0.39 is 27.0 Å². The average molecular weight is 436 g/mol. The van der Waals surface area contributed by atoms with E-state index in [1.165, 1.54) is 30.3 Å². The van der Waals surface area contributed by atoms with E-state index >= 15 is 0 Å². The summed E-state index contributed by atoms with van der Waals surface area (Å²) in [5.74, 6) is -1.01. The highest BCUT2D eigenvalue weighted by Crippen LogP contribution is 2.29. The fraction of sp³-hybridized carbons (Fsp3) is 0.130. The summed E-state index contributed by atoms with van der Waals surface area (Å²) in [6, 6.07) is 19.7. The van der Waals surface area contributed by atoms with Crippen molar-refractivity contribution in [3.8, 4) is 0 Å². The van der Waals surface area contributed by atoms with E-state index in [2.05, 4.69) is 10.6 Å². The van der Waals surface area contributed by atoms with Crippen molar-refractivity contribution in [2.45, 2.75) is 23.1 Å². The Morgan fingerprint density at radius 2 is 1.68 bits per heavy atom. The number of nitrogens with one attached hydrogen (secondary N) is 2. The second-order valence-electron chi connectivity index (χ2n) is 7.30. The third kappa shape index (κ3) is 4.29. The molecule has 0 saturated carbocycles. The molecule has 1 atom stereocenters. The standard InChI is InChI=1S/C23H21N3O4S/c24-22(27)17-5-3-6-18(14-17)25-23(28)16-8-11-19(12-9-16)31(29,30)21-13-10-15-4-1-2-7-20(15)26-21/h1-9,11-12,14,21,26H,10,13H2,(H2,24,27)(H,25,28). The van der Waals surface area contributed by atoms with Crippen molar-refractivity contribution < 1.29 is 18.0 Å². The fourth-order valence-electron chi connectivity index (χ4n) is 3.56. The highest BCUT2D eigenvalue weighted by Gasteiger charge is 2.30. The molecule has 4 rings (SSSR count). The molecule has 3 aromatic carbocycles. The molecule has 0 fully saturated rings. The van der Waals surface area contributed by atoms with Crippen molar-refractivity contribution in [3.63, 3.8) is 0 Å². The van der Waals surface area contributed by atoms with Crippen LogP contribution in [0.4, 0.5) is 11.4 Å². The predicted octanol–water partition coefficient (Wildman–Crippen LogP) is 3.20. The monoisotopic (exact) mass is 435 g/mol. The molecule has 0 radical (unpaired) electrons. The van der Waals surface area contributed by atoms with Crippen LogP contribution in [0.3, 0.4) is 0 Å². The largest absolute Gasteiger partial charge is 0.369 e. The second kappa shape index (κ2) is 8.23. The maximum Gasteiger partial charge on any atom is 0.255 e. The summed E-state index contributed by atoms with van der Waals surface area (Å²) in [4.78, 5) is 23.9. The summed E-state index contributed by atoms with van der Waals surface area (Å²) in [5, 5.41) is 5.07. The van der Waals surface area contributed by atoms with Gasteiger partial charge in [-0.3, -0.25) is 9.59 Å². The van der Waals surface area contributed by atoms with E-state index in [-0.39, 0.29) is 10.5 Å². The Labute approximate surface area is 180 Å². The van der Waals surface area contributed by atoms with Crippen molar-refractivity contribution in [3.05, 3.63) is 89.5 Å². The quantitative estimate of drug-likeness (QED) is 0.569. The number of primary amides is 1. The Kier molecular flexibility index (Phi) is 5.48. The maximum atomic E-state index is 13.1. The molecule has 158 valence electrons. The molecule has 2 amide bonds. The van der Waals surface area contributed by atoms with Gasteiger partial charge in [0.25, 0.3) is 5.91 Å². The minimum absolute atomic E-state index is 0.150. The molecule has 31 heavy (non-hydrogen) atoms. The predicted molar refractivity (Wildman–Crippen MR) is 119 cm³/mol. The fourth-order valence-corrected chi connectivity index (χ4v) is 5.11. The first-order valence-corrected chi connectivity index (χ1v) is 11.3. The number of carbonyl (C=O) groups excluding carboxylic acids is 2. The number of hydrogen-bond donors (Lipinski definition) is 3. The van der Waals surface area contributed by atoms with Gasteiger partial charge < -0.3 is 16.4 Å². The van der Waals surface area contributed by atoms with Crippen LogP contribution in [-0.2, 0) is 16.3 Å². The van der Waals surface area contributed by atoms with Crippen molar-refractivity contribution >= 4 is 33.0 Å². The molecule has 0 aliphatic carbocycles. The summed E-state index contributed by atoms with van der Waals surface area (Å²) >= 11 is 0. The van der Waals surface area contributed by atoms with E-state index in [4.69, 9.17) is 5.73 Å². The minimum Gasteiger partial charge on any atom is -0.369 e. The van der Waals surface area contributed by atoms with Crippen molar-refractivity contribution in [1.29, 1.82) is 0 Å². The Morgan fingerprint density at radius 3 is 2.42 bits per heavy atom. The number of amides is 2. The van der Waals surface area contributed by atoms with E-state index in [0.717, 1.165) is 11.3 Å². The third-order valence-corrected chi connectivity index (χ3v) is 7.27. The number of sulfone groups is 1. The van der Waals surface area contributed by atoms with Crippen LogP contribution < -0.4 is 16.4 Å². The SMILES string of the molecule is NC(=O)c1cccc(NC(=O)c2ccc(S(=O)(=O)C3CCc4ccccc4N3)cc2)c1. The van der Waals surface area contributed by atoms with Crippen LogP contribution in [0.15, 0.2) is 77.7 Å². The summed E-state index contributed by atoms with van der Waals surface area (Å²) in [6.45, 7) is 0. The molecule has 8 heteroatoms. The Balaban J connectivity index is 1.49. The first-order chi connectivity index (χ1) is 14.8. The molecular weight excluding hydrogens is 414 g/mol. The van der Waals surface area contributed by atoms with Crippen molar-refractivity contribution in [1.82, 2.24) is 0 Å². The average Bonchev–Trinajstić information content (AvgIpc) is 2.79. The molecule has 0 spiro atoms. The van der Waals surface area contributed by atoms with Gasteiger partial charge in [-0.2, -0.15) is 0 Å². The van der Waals surface area contributed by atoms with Gasteiger partial charge in [0.1, 0.15) is 5.37 Å². The van der Waals surface area contributed by atoms with E-state index in [1.54, 1.807) is 18.2 Å². The molecule has 3 aromatic rings. The molecule has 0 saturated heterocycles. The topological polar surface area (TPSA) is 118 Å². The number of para-hydroxylation sites is 1. The number of aryl methyl sites for hydroxylation is 1. The summed E-state index contributed by atoms with van der Waals surface area (Å²) in [7, 11) is -3.62. The van der Waals surface area contributed by atoms with E-state index in [0.29, 0.717) is 24.1 Å². The molecule has 7 nitrogen and oxygen atoms in total. The highest BCUT2D eigenvalue weighted by atomic mass is 32.2. The minimum atomic E-state index is -3.62. The van der Waals surface area contributed by atoms with Crippen LogP contribution in [0.25, 0.3) is 0 Å². The smallest absolute Gasteiger partial charge is 0.255 e. The molecular formula is C23H21N3O4S. The number of nitrogens with two attached hydrogens (primary N) is 1. The van der Waals surface area contributed by atoms with Crippen LogP contribution in [-0.4, -0.2) is 25.6 Å². The zero-order chi connectivity index (χ0) is 22.0. The Hall–Kier alpha value is -3.65. The van der Waals surface area contributed by atoms with E-state index in [1.807, 2.05) is 24.3 Å². The van der Waals surface area contributed by atoms with E-state index in [9.17, 15) is 18.0 Å². The zero-order valence-corrected chi connectivity index (χ0v) is 17.4. The first-order valence-electron chi connectivity index (χ1n) is 9.74. The lowest BCUT2D eigenvalue weighted by molar-refractivity contribution is 0.0996. The van der Waals surface area contributed by atoms with Crippen LogP contribution in [0, 0.1) is 0 Å². The van der Waals surface area contributed by atoms with Crippen LogP contribution in [0.2, 0.25) is 0 Å². The van der Waals surface area contributed by atoms with Gasteiger partial charge in [0.2, 0.25) is 5.91 Å². The number of carbonyl (C=O) groups is 2. The first kappa shape index (κ1) is 20.6. The Morgan fingerprint density at radius 1 is 0.935 bits per heavy atom. The molecule has 1 aliphatic heterocycles. The van der Waals surface area contributed by atoms with Gasteiger partial charge in [-0.1, -0.05) is 24.3 Å².